The molecule has 0 aromatic heterocycles. The van der Waals surface area contributed by atoms with Crippen LogP contribution in [0.3, 0.4) is 0 Å². The highest BCUT2D eigenvalue weighted by Crippen LogP contribution is 2.37. The maximum atomic E-state index is 12.7. The predicted molar refractivity (Wildman–Crippen MR) is 221 cm³/mol. The van der Waals surface area contributed by atoms with Crippen LogP contribution in [0.4, 0.5) is 0 Å². The lowest BCUT2D eigenvalue weighted by molar-refractivity contribution is -0.390. The molecule has 0 saturated carbocycles. The molecule has 6 aliphatic rings. The van der Waals surface area contributed by atoms with E-state index >= 15 is 0 Å². The van der Waals surface area contributed by atoms with Crippen LogP contribution in [0, 0.1) is 0 Å². The number of amides is 2. The number of nitrogens with one attached hydrogen (secondary N) is 2. The van der Waals surface area contributed by atoms with Gasteiger partial charge in [-0.2, -0.15) is 0 Å². The minimum atomic E-state index is -2.17. The van der Waals surface area contributed by atoms with Gasteiger partial charge in [0.15, 0.2) is 37.7 Å². The predicted octanol–water partition coefficient (Wildman–Crippen LogP) is -12.5. The van der Waals surface area contributed by atoms with Crippen LogP contribution in [0.25, 0.3) is 0 Å². The quantitative estimate of drug-likeness (QED) is 0.0538. The van der Waals surface area contributed by atoms with Crippen LogP contribution in [0.1, 0.15) is 13.8 Å². The van der Waals surface area contributed by atoms with Crippen LogP contribution in [-0.2, 0) is 66.4 Å². The van der Waals surface area contributed by atoms with Crippen LogP contribution < -0.4 is 10.6 Å². The highest BCUT2D eigenvalue weighted by Gasteiger charge is 2.58. The molecule has 28 atom stereocenters. The summed E-state index contributed by atoms with van der Waals surface area (Å²) in [6.07, 6.45) is -46.6. The molecule has 6 fully saturated rings. The van der Waals surface area contributed by atoms with Crippen molar-refractivity contribution in [2.24, 2.45) is 0 Å². The second kappa shape index (κ2) is 26.2. The zero-order chi connectivity index (χ0) is 52.9. The highest BCUT2D eigenvalue weighted by atomic mass is 16.8. The van der Waals surface area contributed by atoms with E-state index in [1.807, 2.05) is 0 Å². The minimum absolute atomic E-state index is 0.228. The number of ether oxygens (including phenoxy) is 12. The molecule has 0 bridgehead atoms. The molecule has 32 nitrogen and oxygen atoms in total. The molecule has 6 rings (SSSR count). The van der Waals surface area contributed by atoms with Crippen molar-refractivity contribution in [1.82, 2.24) is 10.6 Å². The fraction of sp³-hybridized carbons (Fsp3) is 0.950. The lowest BCUT2D eigenvalue weighted by Crippen LogP contribution is -2.71. The summed E-state index contributed by atoms with van der Waals surface area (Å²) in [5, 5.41) is 175. The third kappa shape index (κ3) is 13.0. The molecule has 418 valence electrons. The number of carbonyl (C=O) groups is 2. The van der Waals surface area contributed by atoms with Crippen LogP contribution in [0.2, 0.25) is 0 Å². The van der Waals surface area contributed by atoms with Gasteiger partial charge in [0.25, 0.3) is 0 Å². The van der Waals surface area contributed by atoms with Crippen molar-refractivity contribution in [3.05, 3.63) is 0 Å². The Morgan fingerprint density at radius 3 is 1.22 bits per heavy atom. The first-order chi connectivity index (χ1) is 34.2. The maximum absolute atomic E-state index is 12.7. The zero-order valence-corrected chi connectivity index (χ0v) is 38.7. The van der Waals surface area contributed by atoms with E-state index in [9.17, 15) is 91.3 Å². The molecule has 72 heavy (non-hydrogen) atoms. The lowest BCUT2D eigenvalue weighted by Gasteiger charge is -2.51. The lowest BCUT2D eigenvalue weighted by atomic mass is 9.93. The molecular weight excluding hydrogens is 988 g/mol. The van der Waals surface area contributed by atoms with Crippen molar-refractivity contribution < 1.29 is 148 Å². The van der Waals surface area contributed by atoms with Gasteiger partial charge in [0.2, 0.25) is 11.8 Å². The van der Waals surface area contributed by atoms with Crippen molar-refractivity contribution in [3.63, 3.8) is 0 Å². The fourth-order valence-corrected chi connectivity index (χ4v) is 9.12. The molecule has 6 saturated heterocycles. The summed E-state index contributed by atoms with van der Waals surface area (Å²) in [6, 6.07) is -3.55. The normalized spacial score (nSPS) is 47.4. The van der Waals surface area contributed by atoms with E-state index in [0.29, 0.717) is 0 Å². The van der Waals surface area contributed by atoms with E-state index in [2.05, 4.69) is 10.6 Å². The van der Waals surface area contributed by atoms with Crippen LogP contribution in [0.5, 0.6) is 0 Å². The smallest absolute Gasteiger partial charge is 0.217 e. The van der Waals surface area contributed by atoms with Gasteiger partial charge in [0.1, 0.15) is 134 Å². The van der Waals surface area contributed by atoms with Crippen molar-refractivity contribution in [2.75, 3.05) is 52.9 Å². The Kier molecular flexibility index (Phi) is 21.5. The summed E-state index contributed by atoms with van der Waals surface area (Å²) in [5.41, 5.74) is 0. The first-order valence-corrected chi connectivity index (χ1v) is 23.0. The van der Waals surface area contributed by atoms with Gasteiger partial charge in [-0.05, 0) is 0 Å². The Labute approximate surface area is 408 Å². The van der Waals surface area contributed by atoms with Gasteiger partial charge in [0, 0.05) is 13.8 Å². The fourth-order valence-electron chi connectivity index (χ4n) is 9.12. The summed E-state index contributed by atoms with van der Waals surface area (Å²) < 4.78 is 69.7. The topological polar surface area (TPSA) is 493 Å². The van der Waals surface area contributed by atoms with Gasteiger partial charge in [0.05, 0.1) is 52.9 Å². The van der Waals surface area contributed by atoms with Crippen molar-refractivity contribution >= 4 is 11.8 Å². The Morgan fingerprint density at radius 2 is 0.833 bits per heavy atom. The Bertz CT molecular complexity index is 1690. The van der Waals surface area contributed by atoms with Gasteiger partial charge in [-0.25, -0.2) is 0 Å². The molecule has 0 aliphatic carbocycles. The Morgan fingerprint density at radius 1 is 0.444 bits per heavy atom. The number of aliphatic hydroxyl groups is 16. The second-order valence-electron chi connectivity index (χ2n) is 17.9. The van der Waals surface area contributed by atoms with E-state index < -0.39 is 230 Å². The van der Waals surface area contributed by atoms with E-state index in [4.69, 9.17) is 56.8 Å². The third-order valence-corrected chi connectivity index (χ3v) is 12.9. The summed E-state index contributed by atoms with van der Waals surface area (Å²) in [6.45, 7) is -4.39. The molecule has 6 heterocycles. The molecule has 0 aromatic rings. The summed E-state index contributed by atoms with van der Waals surface area (Å²) in [5.74, 6) is -1.68. The summed E-state index contributed by atoms with van der Waals surface area (Å²) >= 11 is 0. The molecule has 0 spiro atoms. The zero-order valence-electron chi connectivity index (χ0n) is 38.7. The van der Waals surface area contributed by atoms with E-state index in [0.717, 1.165) is 13.8 Å². The highest BCUT2D eigenvalue weighted by molar-refractivity contribution is 5.73. The molecule has 18 N–H and O–H groups in total. The number of aliphatic hydroxyl groups excluding tert-OH is 16. The molecule has 0 aromatic carbocycles. The van der Waals surface area contributed by atoms with Gasteiger partial charge >= 0.3 is 0 Å². The molecular formula is C40H68N2O30. The third-order valence-electron chi connectivity index (χ3n) is 12.9. The van der Waals surface area contributed by atoms with Crippen LogP contribution >= 0.6 is 0 Å². The number of carbonyl (C=O) groups excluding carboxylic acids is 2. The van der Waals surface area contributed by atoms with E-state index in [-0.39, 0.29) is 6.61 Å². The summed E-state index contributed by atoms with van der Waals surface area (Å²) in [7, 11) is 0. The average molecular weight is 1060 g/mol. The van der Waals surface area contributed by atoms with Crippen LogP contribution in [0.15, 0.2) is 0 Å². The van der Waals surface area contributed by atoms with E-state index in [1.165, 1.54) is 0 Å². The minimum Gasteiger partial charge on any atom is -0.394 e. The van der Waals surface area contributed by atoms with Gasteiger partial charge in [-0.15, -0.1) is 0 Å². The first kappa shape index (κ1) is 59.1. The van der Waals surface area contributed by atoms with Crippen LogP contribution in [-0.4, -0.2) is 318 Å². The summed E-state index contributed by atoms with van der Waals surface area (Å²) in [4.78, 5) is 25.4. The average Bonchev–Trinajstić information content (AvgIpc) is 3.85. The molecule has 2 amide bonds. The van der Waals surface area contributed by atoms with Crippen molar-refractivity contribution in [1.29, 1.82) is 0 Å². The number of rotatable bonds is 20. The van der Waals surface area contributed by atoms with Gasteiger partial charge < -0.3 is 149 Å². The first-order valence-electron chi connectivity index (χ1n) is 23.0. The molecule has 32 heteroatoms. The Balaban J connectivity index is 1.33. The maximum Gasteiger partial charge on any atom is 0.217 e. The molecule has 3 unspecified atom stereocenters. The van der Waals surface area contributed by atoms with E-state index in [1.54, 1.807) is 0 Å². The Hall–Kier alpha value is -2.18. The number of hydrogen-bond donors (Lipinski definition) is 18. The number of hydrogen-bond acceptors (Lipinski definition) is 30. The van der Waals surface area contributed by atoms with Gasteiger partial charge in [-0.1, -0.05) is 0 Å². The SMILES string of the molecule is CC(=O)N[C@H]1[C@H](O[C@@H]2[C@@H](O[C@@H]3O[C@H](CO)[C@@H](O[C@@H]4O[C@H](CO)[C@H](O)[C@@H](O)[C@H]4O)[C@@H](O)[C@H]3NC(C)=O)[C@@H](O)[C@H](OC(CO)C3COC(CO)O3)O[C@@H]2CO)O[C@H](CO)[C@@H](O[C@@H]2O[C@H](CO)[C@H](O)[C@H](O)[C@H]2O)[C@@H]1O. The second-order valence-corrected chi connectivity index (χ2v) is 17.9. The molecule has 0 radical (unpaired) electrons. The van der Waals surface area contributed by atoms with Crippen molar-refractivity contribution in [3.8, 4) is 0 Å². The van der Waals surface area contributed by atoms with Gasteiger partial charge in [-0.3, -0.25) is 9.59 Å². The standard InChI is InChI=1S/C40H68N2O30/c1-11(50)41-21-25(54)32(69-38-29(58)27(56)23(52)14(4-44)64-38)16(6-46)66-36(21)71-34-18(8-48)68-40(63-13(3-43)19-10-61-20(9-49)62-19)31(60)35(34)72-37-22(42-12(2)51)26(55)33(17(7-47)67-37)70-39-30(59)28(57)24(53)15(5-45)65-39/h13-40,43-49,52-60H,3-10H2,1-2H3,(H,41,50)(H,42,51)/t13?,14-,15-,16-,17-,18-,19?,20?,21-,22-,23+,24+,25-,26+,27+,28-,29-,30-,31-,32-,33-,34+,35+,36+,37+,38+,39+,40-/m1/s1. The molecule has 6 aliphatic heterocycles. The monoisotopic (exact) mass is 1060 g/mol. The van der Waals surface area contributed by atoms with Crippen molar-refractivity contribution in [2.45, 2.75) is 186 Å². The largest absolute Gasteiger partial charge is 0.394 e.